The van der Waals surface area contributed by atoms with Crippen LogP contribution in [0, 0.1) is 0 Å². The number of hydrogen-bond acceptors (Lipinski definition) is 6. The van der Waals surface area contributed by atoms with E-state index in [9.17, 15) is 19.5 Å². The molecule has 9 heteroatoms. The molecule has 0 fully saturated rings. The van der Waals surface area contributed by atoms with Crippen molar-refractivity contribution in [2.75, 3.05) is 20.6 Å². The predicted octanol–water partition coefficient (Wildman–Crippen LogP) is 4.12. The molecule has 3 amide bonds. The molecule has 0 saturated heterocycles. The van der Waals surface area contributed by atoms with E-state index in [2.05, 4.69) is 5.32 Å². The molecule has 3 aromatic carbocycles. The van der Waals surface area contributed by atoms with Crippen LogP contribution in [0.25, 0.3) is 11.1 Å². The SMILES string of the molecule is C[C@@H](O)CNC(=O)[C@@H](Cc1cccs1)N(C)C(=O)[C@@H](Cc1ccc(-c2ccccc2)cc1)N(C)C(=O)c1cccc(CN)c1. The van der Waals surface area contributed by atoms with Crippen LogP contribution in [-0.2, 0) is 29.0 Å². The topological polar surface area (TPSA) is 116 Å². The zero-order valence-electron chi connectivity index (χ0n) is 25.4. The number of likely N-dealkylation sites (N-methyl/N-ethyl adjacent to an activating group) is 2. The lowest BCUT2D eigenvalue weighted by atomic mass is 9.98. The highest BCUT2D eigenvalue weighted by Gasteiger charge is 2.35. The third-order valence-electron chi connectivity index (χ3n) is 7.64. The summed E-state index contributed by atoms with van der Waals surface area (Å²) in [6.07, 6.45) is -0.180. The summed E-state index contributed by atoms with van der Waals surface area (Å²) >= 11 is 1.50. The Balaban J connectivity index is 1.65. The first-order chi connectivity index (χ1) is 21.2. The molecule has 0 aliphatic heterocycles. The fourth-order valence-corrected chi connectivity index (χ4v) is 5.78. The minimum absolute atomic E-state index is 0.0644. The number of aliphatic hydroxyl groups is 1. The molecule has 0 aliphatic carbocycles. The maximum absolute atomic E-state index is 14.3. The van der Waals surface area contributed by atoms with Crippen molar-refractivity contribution in [3.05, 3.63) is 118 Å². The molecule has 0 bridgehead atoms. The van der Waals surface area contributed by atoms with Crippen LogP contribution >= 0.6 is 11.3 Å². The maximum atomic E-state index is 14.3. The summed E-state index contributed by atoms with van der Waals surface area (Å²) in [6.45, 7) is 1.94. The fourth-order valence-electron chi connectivity index (χ4n) is 5.03. The molecule has 4 rings (SSSR count). The van der Waals surface area contributed by atoms with Crippen LogP contribution in [0.2, 0.25) is 0 Å². The Kier molecular flexibility index (Phi) is 11.4. The van der Waals surface area contributed by atoms with Crippen molar-refractivity contribution < 1.29 is 19.5 Å². The molecule has 1 aromatic heterocycles. The number of aliphatic hydroxyl groups excluding tert-OH is 1. The number of thiophene rings is 1. The number of carbonyl (C=O) groups is 3. The second kappa shape index (κ2) is 15.4. The van der Waals surface area contributed by atoms with Gasteiger partial charge in [-0.25, -0.2) is 0 Å². The Labute approximate surface area is 263 Å². The van der Waals surface area contributed by atoms with Gasteiger partial charge in [0.05, 0.1) is 6.10 Å². The highest BCUT2D eigenvalue weighted by atomic mass is 32.1. The molecule has 3 atom stereocenters. The van der Waals surface area contributed by atoms with Crippen LogP contribution in [0.15, 0.2) is 96.4 Å². The van der Waals surface area contributed by atoms with Gasteiger partial charge in [0.15, 0.2) is 0 Å². The van der Waals surface area contributed by atoms with E-state index in [0.29, 0.717) is 12.0 Å². The largest absolute Gasteiger partial charge is 0.392 e. The molecule has 4 N–H and O–H groups in total. The van der Waals surface area contributed by atoms with Gasteiger partial charge in [0.1, 0.15) is 12.1 Å². The Bertz CT molecular complexity index is 1520. The third-order valence-corrected chi connectivity index (χ3v) is 8.54. The molecular weight excluding hydrogens is 572 g/mol. The van der Waals surface area contributed by atoms with E-state index in [1.165, 1.54) is 21.1 Å². The molecule has 4 aromatic rings. The van der Waals surface area contributed by atoms with E-state index >= 15 is 0 Å². The van der Waals surface area contributed by atoms with E-state index < -0.39 is 18.2 Å². The molecule has 0 spiro atoms. The quantitative estimate of drug-likeness (QED) is 0.210. The van der Waals surface area contributed by atoms with Crippen molar-refractivity contribution in [2.24, 2.45) is 5.73 Å². The van der Waals surface area contributed by atoms with E-state index in [4.69, 9.17) is 5.73 Å². The monoisotopic (exact) mass is 612 g/mol. The van der Waals surface area contributed by atoms with Gasteiger partial charge < -0.3 is 26.0 Å². The summed E-state index contributed by atoms with van der Waals surface area (Å²) in [6, 6.07) is 27.1. The molecular formula is C35H40N4O4S. The van der Waals surface area contributed by atoms with Gasteiger partial charge in [-0.05, 0) is 52.8 Å². The zero-order chi connectivity index (χ0) is 31.6. The summed E-state index contributed by atoms with van der Waals surface area (Å²) in [5.74, 6) is -1.05. The number of carbonyl (C=O) groups excluding carboxylic acids is 3. The second-order valence-electron chi connectivity index (χ2n) is 10.9. The zero-order valence-corrected chi connectivity index (χ0v) is 26.2. The number of hydrogen-bond donors (Lipinski definition) is 3. The third kappa shape index (κ3) is 8.41. The normalized spacial score (nSPS) is 13.0. The van der Waals surface area contributed by atoms with Crippen molar-refractivity contribution in [2.45, 2.75) is 44.5 Å². The molecule has 0 aliphatic rings. The Morgan fingerprint density at radius 3 is 2.16 bits per heavy atom. The van der Waals surface area contributed by atoms with Crippen LogP contribution in [0.3, 0.4) is 0 Å². The van der Waals surface area contributed by atoms with Crippen LogP contribution in [0.1, 0.15) is 33.3 Å². The van der Waals surface area contributed by atoms with Crippen LogP contribution < -0.4 is 11.1 Å². The average molecular weight is 613 g/mol. The summed E-state index contributed by atoms with van der Waals surface area (Å²) < 4.78 is 0. The molecule has 8 nitrogen and oxygen atoms in total. The van der Waals surface area contributed by atoms with Crippen LogP contribution in [0.4, 0.5) is 0 Å². The molecule has 0 unspecified atom stereocenters. The molecule has 0 radical (unpaired) electrons. The minimum Gasteiger partial charge on any atom is -0.392 e. The highest BCUT2D eigenvalue weighted by Crippen LogP contribution is 2.22. The van der Waals surface area contributed by atoms with Gasteiger partial charge in [0.2, 0.25) is 11.8 Å². The first kappa shape index (κ1) is 32.6. The summed E-state index contributed by atoms with van der Waals surface area (Å²) in [7, 11) is 3.22. The predicted molar refractivity (Wildman–Crippen MR) is 175 cm³/mol. The Hall–Kier alpha value is -4.31. The van der Waals surface area contributed by atoms with Crippen LogP contribution in [-0.4, -0.2) is 71.5 Å². The molecule has 44 heavy (non-hydrogen) atoms. The van der Waals surface area contributed by atoms with E-state index in [0.717, 1.165) is 27.1 Å². The smallest absolute Gasteiger partial charge is 0.254 e. The van der Waals surface area contributed by atoms with Gasteiger partial charge in [-0.1, -0.05) is 72.8 Å². The van der Waals surface area contributed by atoms with Gasteiger partial charge in [-0.2, -0.15) is 0 Å². The van der Waals surface area contributed by atoms with Crippen molar-refractivity contribution in [3.63, 3.8) is 0 Å². The standard InChI is InChI=1S/C35H40N4O4S/c1-24(40)23-37-33(41)31(21-30-13-8-18-44-30)38(2)35(43)32(39(3)34(42)29-12-7-9-26(19-29)22-36)20-25-14-16-28(17-15-25)27-10-5-4-6-11-27/h4-19,24,31-32,40H,20-23,36H2,1-3H3,(H,37,41)/t24-,31-,32-/m1/s1. The van der Waals surface area contributed by atoms with Crippen molar-refractivity contribution >= 4 is 29.1 Å². The van der Waals surface area contributed by atoms with E-state index in [1.54, 1.807) is 39.2 Å². The molecule has 0 saturated carbocycles. The first-order valence-electron chi connectivity index (χ1n) is 14.6. The maximum Gasteiger partial charge on any atom is 0.254 e. The number of benzene rings is 3. The number of rotatable bonds is 13. The van der Waals surface area contributed by atoms with Gasteiger partial charge in [-0.3, -0.25) is 14.4 Å². The lowest BCUT2D eigenvalue weighted by molar-refractivity contribution is -0.142. The molecule has 230 valence electrons. The number of nitrogens with two attached hydrogens (primary N) is 1. The molecule has 1 heterocycles. The van der Waals surface area contributed by atoms with Crippen molar-refractivity contribution in [1.29, 1.82) is 0 Å². The van der Waals surface area contributed by atoms with Gasteiger partial charge >= 0.3 is 0 Å². The van der Waals surface area contributed by atoms with Crippen LogP contribution in [0.5, 0.6) is 0 Å². The van der Waals surface area contributed by atoms with Gasteiger partial charge in [0, 0.05) is 50.5 Å². The number of nitrogens with one attached hydrogen (secondary N) is 1. The summed E-state index contributed by atoms with van der Waals surface area (Å²) in [5.41, 5.74) is 10.1. The van der Waals surface area contributed by atoms with E-state index in [1.807, 2.05) is 78.2 Å². The summed E-state index contributed by atoms with van der Waals surface area (Å²) in [5, 5.41) is 14.4. The Morgan fingerprint density at radius 2 is 1.52 bits per heavy atom. The second-order valence-corrected chi connectivity index (χ2v) is 12.0. The fraction of sp³-hybridized carbons (Fsp3) is 0.286. The average Bonchev–Trinajstić information content (AvgIpc) is 3.58. The number of nitrogens with zero attached hydrogens (tertiary/aromatic N) is 2. The minimum atomic E-state index is -0.896. The lowest BCUT2D eigenvalue weighted by Gasteiger charge is -2.34. The highest BCUT2D eigenvalue weighted by molar-refractivity contribution is 7.09. The summed E-state index contributed by atoms with van der Waals surface area (Å²) in [4.78, 5) is 45.3. The van der Waals surface area contributed by atoms with E-state index in [-0.39, 0.29) is 37.2 Å². The first-order valence-corrected chi connectivity index (χ1v) is 15.5. The van der Waals surface area contributed by atoms with Crippen molar-refractivity contribution in [1.82, 2.24) is 15.1 Å². The van der Waals surface area contributed by atoms with Gasteiger partial charge in [0.25, 0.3) is 5.91 Å². The number of amides is 3. The lowest BCUT2D eigenvalue weighted by Crippen LogP contribution is -2.56. The Morgan fingerprint density at radius 1 is 0.818 bits per heavy atom. The van der Waals surface area contributed by atoms with Crippen molar-refractivity contribution in [3.8, 4) is 11.1 Å². The van der Waals surface area contributed by atoms with Gasteiger partial charge in [-0.15, -0.1) is 11.3 Å².